The molecule has 1 saturated carbocycles. The molecule has 1 saturated heterocycles. The molecule has 1 aliphatic heterocycles. The van der Waals surface area contributed by atoms with E-state index < -0.39 is 0 Å². The standard InChI is InChI=1S/C12H21NOS/c1-11(2,3)9-4-5-12(10(14)8-9)13-6-7-15-12/h9,13H,4-8H2,1-3H3. The molecule has 0 aromatic heterocycles. The van der Waals surface area contributed by atoms with Crippen LogP contribution in [-0.4, -0.2) is 23.0 Å². The molecule has 0 amide bonds. The summed E-state index contributed by atoms with van der Waals surface area (Å²) < 4.78 is 0. The van der Waals surface area contributed by atoms with Crippen molar-refractivity contribution in [2.45, 2.75) is 44.9 Å². The summed E-state index contributed by atoms with van der Waals surface area (Å²) in [5.74, 6) is 2.10. The summed E-state index contributed by atoms with van der Waals surface area (Å²) in [5, 5.41) is 3.41. The molecule has 2 fully saturated rings. The van der Waals surface area contributed by atoms with E-state index >= 15 is 0 Å². The third kappa shape index (κ3) is 2.09. The second-order valence-corrected chi connectivity index (χ2v) is 7.23. The third-order valence-electron chi connectivity index (χ3n) is 3.81. The number of carbonyl (C=O) groups is 1. The number of hydrogen-bond donors (Lipinski definition) is 1. The predicted molar refractivity (Wildman–Crippen MR) is 65.0 cm³/mol. The lowest BCUT2D eigenvalue weighted by atomic mass is 9.70. The van der Waals surface area contributed by atoms with Gasteiger partial charge in [0, 0.05) is 18.7 Å². The van der Waals surface area contributed by atoms with Gasteiger partial charge in [0.1, 0.15) is 4.87 Å². The topological polar surface area (TPSA) is 29.1 Å². The molecule has 2 rings (SSSR count). The zero-order chi connectivity index (χ0) is 11.1. The summed E-state index contributed by atoms with van der Waals surface area (Å²) in [7, 11) is 0. The highest BCUT2D eigenvalue weighted by atomic mass is 32.2. The Morgan fingerprint density at radius 2 is 2.20 bits per heavy atom. The largest absolute Gasteiger partial charge is 0.297 e. The number of Topliss-reactive ketones (excluding diaryl/α,β-unsaturated/α-hetero) is 1. The fourth-order valence-corrected chi connectivity index (χ4v) is 3.88. The average molecular weight is 227 g/mol. The van der Waals surface area contributed by atoms with E-state index in [1.54, 1.807) is 0 Å². The van der Waals surface area contributed by atoms with E-state index in [0.29, 0.717) is 11.7 Å². The Morgan fingerprint density at radius 1 is 1.47 bits per heavy atom. The first-order valence-electron chi connectivity index (χ1n) is 5.86. The quantitative estimate of drug-likeness (QED) is 0.689. The lowest BCUT2D eigenvalue weighted by Gasteiger charge is -2.40. The molecule has 3 heteroatoms. The zero-order valence-electron chi connectivity index (χ0n) is 9.93. The van der Waals surface area contributed by atoms with E-state index in [4.69, 9.17) is 0 Å². The molecule has 0 bridgehead atoms. The van der Waals surface area contributed by atoms with Crippen LogP contribution in [0.1, 0.15) is 40.0 Å². The van der Waals surface area contributed by atoms with E-state index in [1.807, 2.05) is 11.8 Å². The third-order valence-corrected chi connectivity index (χ3v) is 5.29. The molecule has 0 aromatic carbocycles. The van der Waals surface area contributed by atoms with Crippen LogP contribution in [0.2, 0.25) is 0 Å². The van der Waals surface area contributed by atoms with Crippen molar-refractivity contribution in [3.63, 3.8) is 0 Å². The van der Waals surface area contributed by atoms with Gasteiger partial charge in [-0.25, -0.2) is 0 Å². The fraction of sp³-hybridized carbons (Fsp3) is 0.917. The van der Waals surface area contributed by atoms with Gasteiger partial charge in [0.25, 0.3) is 0 Å². The van der Waals surface area contributed by atoms with E-state index in [2.05, 4.69) is 26.1 Å². The summed E-state index contributed by atoms with van der Waals surface area (Å²) in [6.45, 7) is 7.74. The van der Waals surface area contributed by atoms with Crippen LogP contribution in [0.3, 0.4) is 0 Å². The Morgan fingerprint density at radius 3 is 2.67 bits per heavy atom. The van der Waals surface area contributed by atoms with E-state index in [9.17, 15) is 4.79 Å². The van der Waals surface area contributed by atoms with Crippen molar-refractivity contribution < 1.29 is 4.79 Å². The molecule has 1 heterocycles. The highest BCUT2D eigenvalue weighted by molar-refractivity contribution is 8.01. The van der Waals surface area contributed by atoms with Gasteiger partial charge in [0.05, 0.1) is 0 Å². The molecule has 0 aromatic rings. The SMILES string of the molecule is CC(C)(C)C1CCC2(NCCS2)C(=O)C1. The minimum atomic E-state index is -0.193. The Kier molecular flexibility index (Phi) is 2.89. The maximum atomic E-state index is 12.2. The molecule has 15 heavy (non-hydrogen) atoms. The highest BCUT2D eigenvalue weighted by Crippen LogP contribution is 2.45. The molecule has 2 unspecified atom stereocenters. The van der Waals surface area contributed by atoms with Gasteiger partial charge in [-0.1, -0.05) is 20.8 Å². The molecule has 2 atom stereocenters. The van der Waals surface area contributed by atoms with Crippen molar-refractivity contribution in [2.75, 3.05) is 12.3 Å². The first-order valence-corrected chi connectivity index (χ1v) is 6.85. The number of rotatable bonds is 0. The minimum Gasteiger partial charge on any atom is -0.297 e. The number of ketones is 1. The summed E-state index contributed by atoms with van der Waals surface area (Å²) in [6, 6.07) is 0. The van der Waals surface area contributed by atoms with Crippen LogP contribution in [0, 0.1) is 11.3 Å². The maximum Gasteiger partial charge on any atom is 0.163 e. The number of carbonyl (C=O) groups excluding carboxylic acids is 1. The molecule has 2 nitrogen and oxygen atoms in total. The first kappa shape index (κ1) is 11.5. The number of thioether (sulfide) groups is 1. The van der Waals surface area contributed by atoms with Crippen LogP contribution in [0.5, 0.6) is 0 Å². The van der Waals surface area contributed by atoms with Crippen molar-refractivity contribution in [2.24, 2.45) is 11.3 Å². The van der Waals surface area contributed by atoms with Gasteiger partial charge in [0.15, 0.2) is 5.78 Å². The molecular weight excluding hydrogens is 206 g/mol. The van der Waals surface area contributed by atoms with Crippen LogP contribution in [0.15, 0.2) is 0 Å². The second-order valence-electron chi connectivity index (χ2n) is 5.83. The van der Waals surface area contributed by atoms with Gasteiger partial charge >= 0.3 is 0 Å². The lowest BCUT2D eigenvalue weighted by Crippen LogP contribution is -2.50. The summed E-state index contributed by atoms with van der Waals surface area (Å²) in [6.07, 6.45) is 2.98. The van der Waals surface area contributed by atoms with Crippen LogP contribution in [0.25, 0.3) is 0 Å². The minimum absolute atomic E-state index is 0.193. The zero-order valence-corrected chi connectivity index (χ0v) is 10.7. The van der Waals surface area contributed by atoms with Crippen LogP contribution in [-0.2, 0) is 4.79 Å². The second kappa shape index (κ2) is 3.77. The highest BCUT2D eigenvalue weighted by Gasteiger charge is 2.47. The lowest BCUT2D eigenvalue weighted by molar-refractivity contribution is -0.126. The van der Waals surface area contributed by atoms with E-state index in [-0.39, 0.29) is 10.3 Å². The number of hydrogen-bond acceptors (Lipinski definition) is 3. The van der Waals surface area contributed by atoms with Crippen LogP contribution in [0.4, 0.5) is 0 Å². The van der Waals surface area contributed by atoms with E-state index in [1.165, 1.54) is 6.42 Å². The molecule has 0 radical (unpaired) electrons. The Bertz CT molecular complexity index is 263. The molecule has 1 aliphatic carbocycles. The Hall–Kier alpha value is -0.0200. The summed E-state index contributed by atoms with van der Waals surface area (Å²) in [5.41, 5.74) is 0.278. The van der Waals surface area contributed by atoms with Gasteiger partial charge < -0.3 is 0 Å². The first-order chi connectivity index (χ1) is 6.94. The monoisotopic (exact) mass is 227 g/mol. The smallest absolute Gasteiger partial charge is 0.163 e. The normalized spacial score (nSPS) is 37.5. The van der Waals surface area contributed by atoms with Crippen molar-refractivity contribution in [3.05, 3.63) is 0 Å². The van der Waals surface area contributed by atoms with Crippen molar-refractivity contribution in [1.82, 2.24) is 5.32 Å². The van der Waals surface area contributed by atoms with Crippen molar-refractivity contribution in [3.8, 4) is 0 Å². The van der Waals surface area contributed by atoms with Crippen LogP contribution < -0.4 is 5.32 Å². The Balaban J connectivity index is 2.06. The molecular formula is C12H21NOS. The molecule has 1 N–H and O–H groups in total. The molecule has 86 valence electrons. The van der Waals surface area contributed by atoms with Crippen LogP contribution >= 0.6 is 11.8 Å². The fourth-order valence-electron chi connectivity index (χ4n) is 2.62. The number of nitrogens with one attached hydrogen (secondary N) is 1. The van der Waals surface area contributed by atoms with Crippen molar-refractivity contribution >= 4 is 17.5 Å². The summed E-state index contributed by atoms with van der Waals surface area (Å²) >= 11 is 1.83. The Labute approximate surface area is 96.6 Å². The van der Waals surface area contributed by atoms with Crippen molar-refractivity contribution in [1.29, 1.82) is 0 Å². The van der Waals surface area contributed by atoms with Gasteiger partial charge in [-0.2, -0.15) is 0 Å². The molecule has 2 aliphatic rings. The molecule has 1 spiro atoms. The predicted octanol–water partition coefficient (Wildman–Crippen LogP) is 2.43. The van der Waals surface area contributed by atoms with Gasteiger partial charge in [-0.15, -0.1) is 11.8 Å². The maximum absolute atomic E-state index is 12.2. The van der Waals surface area contributed by atoms with Gasteiger partial charge in [0.2, 0.25) is 0 Å². The van der Waals surface area contributed by atoms with Gasteiger partial charge in [-0.3, -0.25) is 10.1 Å². The summed E-state index contributed by atoms with van der Waals surface area (Å²) in [4.78, 5) is 12.0. The van der Waals surface area contributed by atoms with Gasteiger partial charge in [-0.05, 0) is 24.2 Å². The average Bonchev–Trinajstić information content (AvgIpc) is 2.58. The van der Waals surface area contributed by atoms with E-state index in [0.717, 1.165) is 25.1 Å².